The van der Waals surface area contributed by atoms with Gasteiger partial charge < -0.3 is 15.1 Å². The van der Waals surface area contributed by atoms with Crippen molar-refractivity contribution < 1.29 is 9.59 Å². The van der Waals surface area contributed by atoms with Gasteiger partial charge in [-0.15, -0.1) is 0 Å². The van der Waals surface area contributed by atoms with Gasteiger partial charge in [-0.3, -0.25) is 9.59 Å². The molecular formula is C14H25N3O2. The van der Waals surface area contributed by atoms with Crippen molar-refractivity contribution in [2.75, 3.05) is 33.2 Å². The topological polar surface area (TPSA) is 52.6 Å². The van der Waals surface area contributed by atoms with Crippen LogP contribution in [0.25, 0.3) is 0 Å². The molecule has 5 heteroatoms. The van der Waals surface area contributed by atoms with Crippen LogP contribution in [0.4, 0.5) is 0 Å². The van der Waals surface area contributed by atoms with Crippen LogP contribution in [0.3, 0.4) is 0 Å². The van der Waals surface area contributed by atoms with Crippen molar-refractivity contribution in [2.24, 2.45) is 5.92 Å². The molecule has 2 amide bonds. The molecule has 1 aliphatic carbocycles. The number of carbonyl (C=O) groups excluding carboxylic acids is 2. The molecule has 0 unspecified atom stereocenters. The van der Waals surface area contributed by atoms with Crippen molar-refractivity contribution >= 4 is 11.8 Å². The number of amides is 2. The standard InChI is InChI=1S/C14H25N3O2/c1-3-16(2)9-11-4-6-12(7-5-11)17-10-13(18)15-8-14(17)19/h11-12H,3-10H2,1-2H3,(H,15,18). The highest BCUT2D eigenvalue weighted by molar-refractivity contribution is 5.92. The first-order chi connectivity index (χ1) is 9.10. The summed E-state index contributed by atoms with van der Waals surface area (Å²) < 4.78 is 0. The second-order valence-electron chi connectivity index (χ2n) is 5.83. The average molecular weight is 267 g/mol. The summed E-state index contributed by atoms with van der Waals surface area (Å²) in [5.74, 6) is 0.802. The molecular weight excluding hydrogens is 242 g/mol. The molecule has 19 heavy (non-hydrogen) atoms. The van der Waals surface area contributed by atoms with Crippen molar-refractivity contribution in [3.8, 4) is 0 Å². The van der Waals surface area contributed by atoms with E-state index in [2.05, 4.69) is 24.2 Å². The van der Waals surface area contributed by atoms with Crippen LogP contribution < -0.4 is 5.32 Å². The van der Waals surface area contributed by atoms with E-state index >= 15 is 0 Å². The second-order valence-corrected chi connectivity index (χ2v) is 5.83. The van der Waals surface area contributed by atoms with Gasteiger partial charge in [-0.05, 0) is 45.2 Å². The van der Waals surface area contributed by atoms with E-state index in [-0.39, 0.29) is 30.9 Å². The fraction of sp³-hybridized carbons (Fsp3) is 0.857. The van der Waals surface area contributed by atoms with Gasteiger partial charge in [0.05, 0.1) is 13.1 Å². The van der Waals surface area contributed by atoms with E-state index in [4.69, 9.17) is 0 Å². The number of rotatable bonds is 4. The molecule has 2 rings (SSSR count). The van der Waals surface area contributed by atoms with Crippen molar-refractivity contribution in [3.63, 3.8) is 0 Å². The monoisotopic (exact) mass is 267 g/mol. The molecule has 0 spiro atoms. The largest absolute Gasteiger partial charge is 0.345 e. The predicted molar refractivity (Wildman–Crippen MR) is 73.6 cm³/mol. The molecule has 1 N–H and O–H groups in total. The van der Waals surface area contributed by atoms with Crippen molar-refractivity contribution in [1.82, 2.24) is 15.1 Å². The maximum Gasteiger partial charge on any atom is 0.242 e. The van der Waals surface area contributed by atoms with Gasteiger partial charge in [0, 0.05) is 12.6 Å². The Labute approximate surface area is 115 Å². The van der Waals surface area contributed by atoms with Crippen LogP contribution in [-0.2, 0) is 9.59 Å². The molecule has 0 aromatic heterocycles. The van der Waals surface area contributed by atoms with Crippen LogP contribution in [0, 0.1) is 5.92 Å². The third-order valence-electron chi connectivity index (χ3n) is 4.44. The minimum atomic E-state index is -0.0209. The number of piperazine rings is 1. The Kier molecular flexibility index (Phi) is 4.80. The van der Waals surface area contributed by atoms with Crippen molar-refractivity contribution in [2.45, 2.75) is 38.6 Å². The highest BCUT2D eigenvalue weighted by Gasteiger charge is 2.32. The molecule has 1 aliphatic heterocycles. The number of carbonyl (C=O) groups is 2. The second kappa shape index (κ2) is 6.37. The summed E-state index contributed by atoms with van der Waals surface area (Å²) in [7, 11) is 2.16. The van der Waals surface area contributed by atoms with E-state index in [1.54, 1.807) is 4.90 Å². The first-order valence-electron chi connectivity index (χ1n) is 7.34. The highest BCUT2D eigenvalue weighted by atomic mass is 16.2. The number of nitrogens with zero attached hydrogens (tertiary/aromatic N) is 2. The zero-order chi connectivity index (χ0) is 13.8. The Morgan fingerprint density at radius 1 is 1.26 bits per heavy atom. The molecule has 0 atom stereocenters. The zero-order valence-electron chi connectivity index (χ0n) is 12.0. The first kappa shape index (κ1) is 14.3. The van der Waals surface area contributed by atoms with Gasteiger partial charge in [0.1, 0.15) is 0 Å². The van der Waals surface area contributed by atoms with E-state index in [0.717, 1.165) is 31.8 Å². The fourth-order valence-corrected chi connectivity index (χ4v) is 3.12. The summed E-state index contributed by atoms with van der Waals surface area (Å²) in [4.78, 5) is 27.4. The SMILES string of the molecule is CCN(C)CC1CCC(N2CC(=O)NCC2=O)CC1. The molecule has 0 radical (unpaired) electrons. The highest BCUT2D eigenvalue weighted by Crippen LogP contribution is 2.28. The lowest BCUT2D eigenvalue weighted by atomic mass is 9.84. The average Bonchev–Trinajstić information content (AvgIpc) is 2.42. The number of nitrogens with one attached hydrogen (secondary N) is 1. The number of hydrogen-bond donors (Lipinski definition) is 1. The molecule has 108 valence electrons. The summed E-state index contributed by atoms with van der Waals surface area (Å²) in [5.41, 5.74) is 0. The Morgan fingerprint density at radius 2 is 1.95 bits per heavy atom. The molecule has 0 aromatic carbocycles. The third kappa shape index (κ3) is 3.69. The maximum absolute atomic E-state index is 11.8. The van der Waals surface area contributed by atoms with Gasteiger partial charge >= 0.3 is 0 Å². The lowest BCUT2D eigenvalue weighted by Crippen LogP contribution is -2.55. The first-order valence-corrected chi connectivity index (χ1v) is 7.34. The van der Waals surface area contributed by atoms with Crippen LogP contribution in [-0.4, -0.2) is 60.9 Å². The third-order valence-corrected chi connectivity index (χ3v) is 4.44. The molecule has 2 fully saturated rings. The van der Waals surface area contributed by atoms with Crippen molar-refractivity contribution in [1.29, 1.82) is 0 Å². The van der Waals surface area contributed by atoms with Gasteiger partial charge in [0.15, 0.2) is 0 Å². The lowest BCUT2D eigenvalue weighted by molar-refractivity contribution is -0.143. The van der Waals surface area contributed by atoms with Crippen molar-refractivity contribution in [3.05, 3.63) is 0 Å². The summed E-state index contributed by atoms with van der Waals surface area (Å²) in [6.45, 7) is 4.85. The molecule has 0 bridgehead atoms. The Hall–Kier alpha value is -1.10. The van der Waals surface area contributed by atoms with Gasteiger partial charge in [-0.25, -0.2) is 0 Å². The van der Waals surface area contributed by atoms with E-state index in [0.29, 0.717) is 0 Å². The minimum absolute atomic E-state index is 0.0209. The van der Waals surface area contributed by atoms with Crippen LogP contribution in [0.15, 0.2) is 0 Å². The Morgan fingerprint density at radius 3 is 2.58 bits per heavy atom. The summed E-state index contributed by atoms with van der Waals surface area (Å²) in [6.07, 6.45) is 4.42. The van der Waals surface area contributed by atoms with Gasteiger partial charge in [-0.2, -0.15) is 0 Å². The molecule has 5 nitrogen and oxygen atoms in total. The van der Waals surface area contributed by atoms with E-state index in [1.807, 2.05) is 0 Å². The summed E-state index contributed by atoms with van der Waals surface area (Å²) >= 11 is 0. The normalized spacial score (nSPS) is 28.7. The zero-order valence-corrected chi connectivity index (χ0v) is 12.0. The molecule has 1 heterocycles. The fourth-order valence-electron chi connectivity index (χ4n) is 3.12. The molecule has 2 aliphatic rings. The minimum Gasteiger partial charge on any atom is -0.345 e. The Balaban J connectivity index is 1.82. The van der Waals surface area contributed by atoms with Gasteiger partial charge in [-0.1, -0.05) is 6.92 Å². The quantitative estimate of drug-likeness (QED) is 0.805. The summed E-state index contributed by atoms with van der Waals surface area (Å²) in [6, 6.07) is 0.279. The van der Waals surface area contributed by atoms with Crippen LogP contribution in [0.1, 0.15) is 32.6 Å². The summed E-state index contributed by atoms with van der Waals surface area (Å²) in [5, 5.41) is 2.61. The molecule has 1 saturated heterocycles. The van der Waals surface area contributed by atoms with Crippen LogP contribution in [0.2, 0.25) is 0 Å². The van der Waals surface area contributed by atoms with Crippen LogP contribution >= 0.6 is 0 Å². The van der Waals surface area contributed by atoms with Gasteiger partial charge in [0.2, 0.25) is 11.8 Å². The predicted octanol–water partition coefficient (Wildman–Crippen LogP) is 0.455. The molecule has 0 aromatic rings. The maximum atomic E-state index is 11.8. The van der Waals surface area contributed by atoms with Crippen LogP contribution in [0.5, 0.6) is 0 Å². The lowest BCUT2D eigenvalue weighted by Gasteiger charge is -2.39. The van der Waals surface area contributed by atoms with E-state index in [9.17, 15) is 9.59 Å². The molecule has 1 saturated carbocycles. The van der Waals surface area contributed by atoms with Gasteiger partial charge in [0.25, 0.3) is 0 Å². The van der Waals surface area contributed by atoms with E-state index < -0.39 is 0 Å². The smallest absolute Gasteiger partial charge is 0.242 e. The Bertz CT molecular complexity index is 338. The van der Waals surface area contributed by atoms with E-state index in [1.165, 1.54) is 12.8 Å². The number of hydrogen-bond acceptors (Lipinski definition) is 3.